The smallest absolute Gasteiger partial charge is 0.460 e. The first-order valence-corrected chi connectivity index (χ1v) is 12.1. The summed E-state index contributed by atoms with van der Waals surface area (Å²) >= 11 is 0. The maximum absolute atomic E-state index is 6.11. The van der Waals surface area contributed by atoms with Crippen molar-refractivity contribution < 1.29 is 25.8 Å². The van der Waals surface area contributed by atoms with Crippen LogP contribution in [0.4, 0.5) is 5.69 Å². The van der Waals surface area contributed by atoms with Crippen molar-refractivity contribution in [3.8, 4) is 28.6 Å². The summed E-state index contributed by atoms with van der Waals surface area (Å²) in [6.07, 6.45) is 4.85. The summed E-state index contributed by atoms with van der Waals surface area (Å²) in [6, 6.07) is 35.6. The summed E-state index contributed by atoms with van der Waals surface area (Å²) in [5, 5.41) is 2.31. The Morgan fingerprint density at radius 2 is 1.59 bits per heavy atom. The molecule has 0 radical (unpaired) electrons. The van der Waals surface area contributed by atoms with Crippen molar-refractivity contribution in [1.82, 2.24) is 14.5 Å². The van der Waals surface area contributed by atoms with Crippen LogP contribution in [-0.4, -0.2) is 27.6 Å². The third-order valence-corrected chi connectivity index (χ3v) is 6.67. The second kappa shape index (κ2) is 9.83. The molecule has 3 aromatic heterocycles. The van der Waals surface area contributed by atoms with Crippen molar-refractivity contribution in [3.05, 3.63) is 109 Å². The van der Waals surface area contributed by atoms with Crippen molar-refractivity contribution in [1.29, 1.82) is 0 Å². The average molecular weight is 662 g/mol. The van der Waals surface area contributed by atoms with E-state index in [0.717, 1.165) is 52.1 Å². The minimum Gasteiger partial charge on any atom is -0.460 e. The molecule has 3 aromatic carbocycles. The van der Waals surface area contributed by atoms with Gasteiger partial charge in [0.1, 0.15) is 5.82 Å². The monoisotopic (exact) mass is 661 g/mol. The molecule has 0 spiro atoms. The van der Waals surface area contributed by atoms with E-state index in [1.165, 1.54) is 11.8 Å². The van der Waals surface area contributed by atoms with Crippen molar-refractivity contribution >= 4 is 27.5 Å². The van der Waals surface area contributed by atoms with Crippen LogP contribution in [0.15, 0.2) is 97.3 Å². The molecule has 0 N–H and O–H groups in total. The molecule has 1 aliphatic heterocycles. The molecule has 1 saturated heterocycles. The number of nitrogens with zero attached hydrogens (tertiary/aromatic N) is 4. The predicted molar refractivity (Wildman–Crippen MR) is 143 cm³/mol. The molecular weight excluding hydrogens is 639 g/mol. The molecule has 0 aliphatic carbocycles. The molecule has 0 unspecified atom stereocenters. The van der Waals surface area contributed by atoms with Gasteiger partial charge in [-0.2, -0.15) is 24.3 Å². The maximum atomic E-state index is 6.11. The fourth-order valence-corrected chi connectivity index (χ4v) is 4.78. The molecule has 0 saturated carbocycles. The summed E-state index contributed by atoms with van der Waals surface area (Å²) in [5.41, 5.74) is 5.08. The Balaban J connectivity index is 0.00000252. The van der Waals surface area contributed by atoms with Gasteiger partial charge in [0.2, 0.25) is 5.88 Å². The van der Waals surface area contributed by atoms with Crippen molar-refractivity contribution in [2.45, 2.75) is 6.42 Å². The minimum absolute atomic E-state index is 0. The van der Waals surface area contributed by atoms with Crippen LogP contribution >= 0.6 is 0 Å². The second-order valence-electron chi connectivity index (χ2n) is 8.90. The Hall–Kier alpha value is -3.95. The molecule has 6 heteroatoms. The summed E-state index contributed by atoms with van der Waals surface area (Å²) in [7, 11) is 0. The number of para-hydroxylation sites is 1. The zero-order valence-electron chi connectivity index (χ0n) is 19.9. The number of anilines is 1. The van der Waals surface area contributed by atoms with E-state index in [1.807, 2.05) is 54.7 Å². The van der Waals surface area contributed by atoms with Gasteiger partial charge in [-0.3, -0.25) is 0 Å². The Morgan fingerprint density at radius 1 is 0.730 bits per heavy atom. The van der Waals surface area contributed by atoms with E-state index in [-0.39, 0.29) is 21.1 Å². The number of hydrogen-bond donors (Lipinski definition) is 0. The standard InChI is InChI=1S/C31H22N4O.Pt/c1-2-10-28-26(9-1)27-13-12-23(20-29(27)35(28)30-11-3-4-15-32-30)22-7-5-8-25(19-22)36-31-21-24(14-16-33-31)34-17-6-18-34;/h1-5,7-16,21H,6,17-18H2;/q-2;+2. The summed E-state index contributed by atoms with van der Waals surface area (Å²) < 4.78 is 8.27. The maximum Gasteiger partial charge on any atom is 2.00 e. The molecule has 7 rings (SSSR count). The van der Waals surface area contributed by atoms with Gasteiger partial charge in [0, 0.05) is 48.5 Å². The molecule has 1 fully saturated rings. The fourth-order valence-electron chi connectivity index (χ4n) is 4.78. The SMILES string of the molecule is [Pt+2].[c-]1c(Oc2cc(N3CCC3)ccn2)cccc1-c1[c-]c2c(cc1)c1ccccc1n2-c1ccccn1. The van der Waals surface area contributed by atoms with Gasteiger partial charge >= 0.3 is 21.1 Å². The van der Waals surface area contributed by atoms with Crippen LogP contribution in [-0.2, 0) is 21.1 Å². The van der Waals surface area contributed by atoms with Gasteiger partial charge in [0.15, 0.2) is 0 Å². The normalized spacial score (nSPS) is 12.8. The van der Waals surface area contributed by atoms with E-state index >= 15 is 0 Å². The van der Waals surface area contributed by atoms with Gasteiger partial charge in [-0.25, -0.2) is 21.1 Å². The Labute approximate surface area is 229 Å². The Bertz CT molecular complexity index is 1710. The topological polar surface area (TPSA) is 43.2 Å². The Kier molecular flexibility index (Phi) is 6.23. The molecular formula is C31H22N4OPt. The number of benzene rings is 3. The van der Waals surface area contributed by atoms with Gasteiger partial charge in [0.05, 0.1) is 0 Å². The van der Waals surface area contributed by atoms with Crippen LogP contribution in [0.25, 0.3) is 38.8 Å². The van der Waals surface area contributed by atoms with Gasteiger partial charge < -0.3 is 14.2 Å². The van der Waals surface area contributed by atoms with E-state index < -0.39 is 0 Å². The number of hydrogen-bond acceptors (Lipinski definition) is 4. The molecule has 0 amide bonds. The second-order valence-corrected chi connectivity index (χ2v) is 8.90. The number of rotatable bonds is 5. The number of pyridine rings is 2. The van der Waals surface area contributed by atoms with Crippen molar-refractivity contribution in [3.63, 3.8) is 0 Å². The fraction of sp³-hybridized carbons (Fsp3) is 0.0968. The van der Waals surface area contributed by atoms with Crippen LogP contribution < -0.4 is 9.64 Å². The molecule has 182 valence electrons. The molecule has 6 aromatic rings. The zero-order valence-corrected chi connectivity index (χ0v) is 22.1. The number of fused-ring (bicyclic) bond motifs is 3. The van der Waals surface area contributed by atoms with Crippen molar-refractivity contribution in [2.75, 3.05) is 18.0 Å². The molecule has 4 heterocycles. The summed E-state index contributed by atoms with van der Waals surface area (Å²) in [6.45, 7) is 2.16. The zero-order chi connectivity index (χ0) is 23.9. The van der Waals surface area contributed by atoms with Crippen LogP contribution in [0.5, 0.6) is 11.6 Å². The van der Waals surface area contributed by atoms with Gasteiger partial charge in [0.25, 0.3) is 0 Å². The van der Waals surface area contributed by atoms with Crippen molar-refractivity contribution in [2.24, 2.45) is 0 Å². The van der Waals surface area contributed by atoms with E-state index in [0.29, 0.717) is 11.6 Å². The van der Waals surface area contributed by atoms with Crippen LogP contribution in [0, 0.1) is 12.1 Å². The van der Waals surface area contributed by atoms with Crippen LogP contribution in [0.2, 0.25) is 0 Å². The average Bonchev–Trinajstić information content (AvgIpc) is 3.22. The molecule has 5 nitrogen and oxygen atoms in total. The van der Waals surface area contributed by atoms with Crippen LogP contribution in [0.3, 0.4) is 0 Å². The Morgan fingerprint density at radius 3 is 2.43 bits per heavy atom. The first-order chi connectivity index (χ1) is 17.8. The summed E-state index contributed by atoms with van der Waals surface area (Å²) in [4.78, 5) is 11.3. The quantitative estimate of drug-likeness (QED) is 0.190. The van der Waals surface area contributed by atoms with Gasteiger partial charge in [-0.05, 0) is 41.6 Å². The predicted octanol–water partition coefficient (Wildman–Crippen LogP) is 6.84. The largest absolute Gasteiger partial charge is 2.00 e. The van der Waals surface area contributed by atoms with Crippen LogP contribution in [0.1, 0.15) is 6.42 Å². The molecule has 0 atom stereocenters. The van der Waals surface area contributed by atoms with Gasteiger partial charge in [-0.15, -0.1) is 18.2 Å². The van der Waals surface area contributed by atoms with Gasteiger partial charge in [-0.1, -0.05) is 29.7 Å². The summed E-state index contributed by atoms with van der Waals surface area (Å²) in [5.74, 6) is 2.06. The molecule has 37 heavy (non-hydrogen) atoms. The molecule has 0 bridgehead atoms. The number of ether oxygens (including phenoxy) is 1. The first-order valence-electron chi connectivity index (χ1n) is 12.1. The first kappa shape index (κ1) is 23.4. The van der Waals surface area contributed by atoms with E-state index in [1.54, 1.807) is 6.20 Å². The number of aromatic nitrogens is 3. The third-order valence-electron chi connectivity index (χ3n) is 6.67. The third kappa shape index (κ3) is 4.30. The molecule has 1 aliphatic rings. The van der Waals surface area contributed by atoms with E-state index in [4.69, 9.17) is 4.74 Å². The minimum atomic E-state index is 0. The van der Waals surface area contributed by atoms with E-state index in [9.17, 15) is 0 Å². The van der Waals surface area contributed by atoms with E-state index in [2.05, 4.69) is 68.0 Å².